The van der Waals surface area contributed by atoms with E-state index >= 15 is 0 Å². The number of hydrogen-bond acceptors (Lipinski definition) is 6. The Bertz CT molecular complexity index is 524. The van der Waals surface area contributed by atoms with Crippen LogP contribution in [0.2, 0.25) is 0 Å². The molecule has 0 unspecified atom stereocenters. The van der Waals surface area contributed by atoms with Crippen molar-refractivity contribution in [1.82, 2.24) is 0 Å². The van der Waals surface area contributed by atoms with Gasteiger partial charge in [0.25, 0.3) is 5.91 Å². The molecule has 1 saturated heterocycles. The molecular weight excluding hydrogens is 228 g/mol. The van der Waals surface area contributed by atoms with E-state index < -0.39 is 22.2 Å². The summed E-state index contributed by atoms with van der Waals surface area (Å²) in [6.07, 6.45) is 0. The van der Waals surface area contributed by atoms with Crippen molar-refractivity contribution >= 4 is 23.0 Å². The molecule has 8 nitrogen and oxygen atoms in total. The normalized spacial score (nSPS) is 13.5. The Morgan fingerprint density at radius 1 is 1.53 bits per heavy atom. The molecule has 1 amide bonds. The molecule has 0 aromatic heterocycles. The van der Waals surface area contributed by atoms with Crippen LogP contribution in [0.1, 0.15) is 10.4 Å². The second kappa shape index (κ2) is 3.51. The highest BCUT2D eigenvalue weighted by Gasteiger charge is 2.31. The quantitative estimate of drug-likeness (QED) is 0.219. The number of carbonyl (C=O) groups excluding carboxylic acids is 1. The number of nitrogens with zero attached hydrogens (tertiary/aromatic N) is 2. The van der Waals surface area contributed by atoms with E-state index in [1.807, 2.05) is 0 Å². The Hall–Kier alpha value is -2.51. The summed E-state index contributed by atoms with van der Waals surface area (Å²) in [6.45, 7) is 1.39. The van der Waals surface area contributed by atoms with E-state index in [0.29, 0.717) is 18.8 Å². The summed E-state index contributed by atoms with van der Waals surface area (Å²) in [5.74, 6) is -1.34. The number of hydrogen-bond donors (Lipinski definition) is 3. The van der Waals surface area contributed by atoms with E-state index in [-0.39, 0.29) is 11.3 Å². The smallest absolute Gasteiger partial charge is 0.308 e. The topological polar surface area (TPSA) is 135 Å². The Kier molecular flexibility index (Phi) is 2.27. The molecule has 1 fully saturated rings. The zero-order valence-corrected chi connectivity index (χ0v) is 8.71. The average Bonchev–Trinajstić information content (AvgIpc) is 3.04. The molecule has 1 aromatic rings. The van der Waals surface area contributed by atoms with E-state index in [1.54, 1.807) is 4.90 Å². The third kappa shape index (κ3) is 1.69. The van der Waals surface area contributed by atoms with E-state index in [9.17, 15) is 20.0 Å². The molecule has 1 heterocycles. The third-order valence-corrected chi connectivity index (χ3v) is 2.52. The van der Waals surface area contributed by atoms with Gasteiger partial charge in [0.2, 0.25) is 0 Å². The van der Waals surface area contributed by atoms with Crippen molar-refractivity contribution in [1.29, 1.82) is 0 Å². The Labute approximate surface area is 95.6 Å². The summed E-state index contributed by atoms with van der Waals surface area (Å²) in [4.78, 5) is 22.8. The first-order valence-corrected chi connectivity index (χ1v) is 4.78. The number of phenolic OH excluding ortho intramolecular Hbond substituents is 1. The number of nitro benzene ring substituents is 1. The number of carbonyl (C=O) groups is 1. The number of nitrogens with two attached hydrogens (primary N) is 2. The number of phenols is 1. The standard InChI is InChI=1S/C9H10N4O4/c10-6-7(13(16)17)4(9(11)15)3-5(8(6)14)12-1-2-12/h3,14H,1-2,10H2,(H2,11,15). The Morgan fingerprint density at radius 2 is 2.12 bits per heavy atom. The van der Waals surface area contributed by atoms with Crippen molar-refractivity contribution in [3.05, 3.63) is 21.7 Å². The van der Waals surface area contributed by atoms with Crippen LogP contribution >= 0.6 is 0 Å². The first kappa shape index (κ1) is 11.0. The first-order chi connectivity index (χ1) is 7.93. The highest BCUT2D eigenvalue weighted by atomic mass is 16.6. The Balaban J connectivity index is 2.70. The number of aromatic hydroxyl groups is 1. The monoisotopic (exact) mass is 238 g/mol. The van der Waals surface area contributed by atoms with Gasteiger partial charge in [0.05, 0.1) is 10.6 Å². The van der Waals surface area contributed by atoms with Crippen molar-refractivity contribution < 1.29 is 14.8 Å². The van der Waals surface area contributed by atoms with Gasteiger partial charge in [0.15, 0.2) is 11.4 Å². The molecule has 1 aliphatic rings. The van der Waals surface area contributed by atoms with Gasteiger partial charge in [-0.2, -0.15) is 0 Å². The maximum Gasteiger partial charge on any atom is 0.308 e. The number of amides is 1. The van der Waals surface area contributed by atoms with E-state index in [0.717, 1.165) is 0 Å². The predicted octanol–water partition coefficient (Wildman–Crippen LogP) is -0.198. The number of nitrogen functional groups attached to an aromatic ring is 1. The van der Waals surface area contributed by atoms with Crippen LogP contribution in [-0.4, -0.2) is 29.0 Å². The van der Waals surface area contributed by atoms with Gasteiger partial charge < -0.3 is 21.5 Å². The third-order valence-electron chi connectivity index (χ3n) is 2.52. The minimum atomic E-state index is -0.952. The molecule has 1 aliphatic heterocycles. The van der Waals surface area contributed by atoms with Crippen LogP contribution in [0.4, 0.5) is 17.1 Å². The second-order valence-electron chi connectivity index (χ2n) is 3.66. The number of benzene rings is 1. The lowest BCUT2D eigenvalue weighted by Gasteiger charge is -2.10. The zero-order valence-electron chi connectivity index (χ0n) is 8.71. The molecular formula is C9H10N4O4. The molecule has 0 bridgehead atoms. The van der Waals surface area contributed by atoms with Gasteiger partial charge in [-0.1, -0.05) is 0 Å². The second-order valence-corrected chi connectivity index (χ2v) is 3.66. The minimum Gasteiger partial charge on any atom is -0.504 e. The van der Waals surface area contributed by atoms with Gasteiger partial charge in [-0.05, 0) is 6.07 Å². The minimum absolute atomic E-state index is 0.293. The summed E-state index contributed by atoms with van der Waals surface area (Å²) in [7, 11) is 0. The average molecular weight is 238 g/mol. The van der Waals surface area contributed by atoms with Gasteiger partial charge in [-0.15, -0.1) is 0 Å². The van der Waals surface area contributed by atoms with E-state index in [2.05, 4.69) is 0 Å². The molecule has 90 valence electrons. The Morgan fingerprint density at radius 3 is 2.53 bits per heavy atom. The number of primary amides is 1. The fourth-order valence-corrected chi connectivity index (χ4v) is 1.59. The van der Waals surface area contributed by atoms with Crippen LogP contribution in [0.3, 0.4) is 0 Å². The number of nitro groups is 1. The number of rotatable bonds is 3. The van der Waals surface area contributed by atoms with E-state index in [1.165, 1.54) is 6.07 Å². The summed E-state index contributed by atoms with van der Waals surface area (Å²) < 4.78 is 0. The van der Waals surface area contributed by atoms with Crippen molar-refractivity contribution in [3.8, 4) is 5.75 Å². The van der Waals surface area contributed by atoms with E-state index in [4.69, 9.17) is 11.5 Å². The molecule has 0 atom stereocenters. The largest absolute Gasteiger partial charge is 0.504 e. The maximum absolute atomic E-state index is 11.1. The number of anilines is 2. The molecule has 0 aliphatic carbocycles. The molecule has 1 aromatic carbocycles. The summed E-state index contributed by atoms with van der Waals surface area (Å²) in [5.41, 5.74) is 9.43. The van der Waals surface area contributed by atoms with Gasteiger partial charge in [0, 0.05) is 13.1 Å². The molecule has 2 rings (SSSR count). The van der Waals surface area contributed by atoms with Crippen LogP contribution < -0.4 is 16.4 Å². The highest BCUT2D eigenvalue weighted by molar-refractivity contribution is 6.02. The lowest BCUT2D eigenvalue weighted by atomic mass is 10.1. The highest BCUT2D eigenvalue weighted by Crippen LogP contribution is 2.43. The summed E-state index contributed by atoms with van der Waals surface area (Å²) in [6, 6.07) is 1.19. The van der Waals surface area contributed by atoms with Crippen molar-refractivity contribution in [2.75, 3.05) is 23.7 Å². The van der Waals surface area contributed by atoms with Crippen molar-refractivity contribution in [2.45, 2.75) is 0 Å². The van der Waals surface area contributed by atoms with Gasteiger partial charge in [0.1, 0.15) is 5.56 Å². The summed E-state index contributed by atoms with van der Waals surface area (Å²) >= 11 is 0. The van der Waals surface area contributed by atoms with Crippen LogP contribution in [0.15, 0.2) is 6.07 Å². The fraction of sp³-hybridized carbons (Fsp3) is 0.222. The SMILES string of the molecule is NC(=O)c1cc(N2CC2)c(O)c(N)c1[N+](=O)[O-]. The van der Waals surface area contributed by atoms with Gasteiger partial charge in [-0.25, -0.2) is 0 Å². The molecule has 0 radical (unpaired) electrons. The zero-order chi connectivity index (χ0) is 12.7. The maximum atomic E-state index is 11.1. The van der Waals surface area contributed by atoms with Crippen LogP contribution in [-0.2, 0) is 0 Å². The molecule has 0 spiro atoms. The molecule has 17 heavy (non-hydrogen) atoms. The molecule has 8 heteroatoms. The predicted molar refractivity (Wildman–Crippen MR) is 59.9 cm³/mol. The fourth-order valence-electron chi connectivity index (χ4n) is 1.59. The van der Waals surface area contributed by atoms with Crippen LogP contribution in [0.5, 0.6) is 5.75 Å². The first-order valence-electron chi connectivity index (χ1n) is 4.78. The van der Waals surface area contributed by atoms with Crippen molar-refractivity contribution in [2.24, 2.45) is 5.73 Å². The summed E-state index contributed by atoms with van der Waals surface area (Å²) in [5, 5.41) is 20.5. The lowest BCUT2D eigenvalue weighted by molar-refractivity contribution is -0.384. The lowest BCUT2D eigenvalue weighted by Crippen LogP contribution is -2.15. The van der Waals surface area contributed by atoms with Gasteiger partial charge in [-0.3, -0.25) is 14.9 Å². The van der Waals surface area contributed by atoms with Gasteiger partial charge >= 0.3 is 5.69 Å². The molecule has 5 N–H and O–H groups in total. The van der Waals surface area contributed by atoms with Crippen molar-refractivity contribution in [3.63, 3.8) is 0 Å². The molecule has 0 saturated carbocycles. The van der Waals surface area contributed by atoms with Crippen LogP contribution in [0.25, 0.3) is 0 Å². The van der Waals surface area contributed by atoms with Crippen LogP contribution in [0, 0.1) is 10.1 Å².